The van der Waals surface area contributed by atoms with Gasteiger partial charge in [0, 0.05) is 23.9 Å². The molecule has 26 heavy (non-hydrogen) atoms. The van der Waals surface area contributed by atoms with Gasteiger partial charge in [-0.2, -0.15) is 8.42 Å². The molecular weight excluding hydrogens is 380 g/mol. The molecule has 9 heteroatoms. The molecule has 0 aromatic carbocycles. The molecule has 0 bridgehead atoms. The monoisotopic (exact) mass is 415 g/mol. The van der Waals surface area contributed by atoms with Crippen LogP contribution in [0.15, 0.2) is 0 Å². The zero-order valence-electron chi connectivity index (χ0n) is 17.0. The molecular formula is C17H36ClN2O5S+. The Labute approximate surface area is 164 Å². The number of halogens is 1. The summed E-state index contributed by atoms with van der Waals surface area (Å²) < 4.78 is 43.3. The van der Waals surface area contributed by atoms with E-state index >= 15 is 0 Å². The highest BCUT2D eigenvalue weighted by Gasteiger charge is 2.49. The molecule has 1 rings (SSSR count). The van der Waals surface area contributed by atoms with Crippen LogP contribution in [-0.2, 0) is 19.6 Å². The van der Waals surface area contributed by atoms with Gasteiger partial charge in [0.25, 0.3) is 10.1 Å². The van der Waals surface area contributed by atoms with E-state index in [1.807, 2.05) is 4.42 Å². The molecule has 0 aliphatic carbocycles. The fourth-order valence-electron chi connectivity index (χ4n) is 3.67. The van der Waals surface area contributed by atoms with E-state index < -0.39 is 10.1 Å². The van der Waals surface area contributed by atoms with Crippen molar-refractivity contribution in [2.24, 2.45) is 0 Å². The van der Waals surface area contributed by atoms with E-state index in [2.05, 4.69) is 41.8 Å². The maximum absolute atomic E-state index is 10.6. The zero-order valence-corrected chi connectivity index (χ0v) is 18.6. The predicted octanol–water partition coefficient (Wildman–Crippen LogP) is 2.16. The number of piperidine rings is 1. The molecule has 0 radical (unpaired) electrons. The van der Waals surface area contributed by atoms with Crippen molar-refractivity contribution in [1.29, 1.82) is 0 Å². The molecule has 0 atom stereocenters. The summed E-state index contributed by atoms with van der Waals surface area (Å²) in [4.78, 5) is 0. The van der Waals surface area contributed by atoms with E-state index in [1.165, 1.54) is 0 Å². The molecule has 0 amide bonds. The van der Waals surface area contributed by atoms with Crippen molar-refractivity contribution in [3.8, 4) is 0 Å². The van der Waals surface area contributed by atoms with Crippen LogP contribution in [0.3, 0.4) is 0 Å². The van der Waals surface area contributed by atoms with E-state index in [0.717, 1.165) is 23.9 Å². The van der Waals surface area contributed by atoms with Crippen molar-refractivity contribution in [2.45, 2.75) is 57.7 Å². The van der Waals surface area contributed by atoms with E-state index in [9.17, 15) is 8.42 Å². The molecule has 0 aromatic heterocycles. The average molecular weight is 416 g/mol. The fourth-order valence-corrected chi connectivity index (χ4v) is 4.13. The van der Waals surface area contributed by atoms with E-state index in [1.54, 1.807) is 0 Å². The molecule has 7 nitrogen and oxygen atoms in total. The highest BCUT2D eigenvalue weighted by molar-refractivity contribution is 7.85. The van der Waals surface area contributed by atoms with Crippen molar-refractivity contribution < 1.29 is 26.9 Å². The van der Waals surface area contributed by atoms with Gasteiger partial charge in [0.2, 0.25) is 0 Å². The Morgan fingerprint density at radius 3 is 1.96 bits per heavy atom. The molecule has 1 N–H and O–H groups in total. The van der Waals surface area contributed by atoms with Gasteiger partial charge in [-0.25, -0.2) is 4.42 Å². The smallest absolute Gasteiger partial charge is 0.267 e. The first-order valence-electron chi connectivity index (χ1n) is 9.07. The van der Waals surface area contributed by atoms with Crippen molar-refractivity contribution in [1.82, 2.24) is 4.42 Å². The van der Waals surface area contributed by atoms with Gasteiger partial charge in [-0.05, 0) is 39.5 Å². The first kappa shape index (κ1) is 24.1. The topological polar surface area (TPSA) is 76.1 Å². The van der Waals surface area contributed by atoms with Crippen LogP contribution in [0, 0.1) is 0 Å². The van der Waals surface area contributed by atoms with Gasteiger partial charge in [0.05, 0.1) is 52.3 Å². The summed E-state index contributed by atoms with van der Waals surface area (Å²) in [6.07, 6.45) is 2.04. The van der Waals surface area contributed by atoms with Gasteiger partial charge in [-0.15, -0.1) is 0 Å². The number of hydrogen-bond acceptors (Lipinski definition) is 5. The molecule has 1 aliphatic heterocycles. The van der Waals surface area contributed by atoms with Crippen LogP contribution in [0.1, 0.15) is 40.5 Å². The zero-order chi connectivity index (χ0) is 20.2. The van der Waals surface area contributed by atoms with E-state index in [0.29, 0.717) is 25.9 Å². The third-order valence-corrected chi connectivity index (χ3v) is 6.79. The minimum atomic E-state index is -3.96. The third kappa shape index (κ3) is 7.58. The molecule has 1 fully saturated rings. The molecule has 0 unspecified atom stereocenters. The van der Waals surface area contributed by atoms with Crippen molar-refractivity contribution in [3.05, 3.63) is 0 Å². The summed E-state index contributed by atoms with van der Waals surface area (Å²) in [6, 6.07) is 0.490. The van der Waals surface area contributed by atoms with E-state index in [-0.39, 0.29) is 23.4 Å². The molecule has 156 valence electrons. The lowest BCUT2D eigenvalue weighted by Gasteiger charge is -2.54. The SMILES string of the molecule is CC1(C)CC([N+](C)(C)CCOCCOCCS(=O)(=O)O)CC(C)(C)N1Cl. The Kier molecular flexibility index (Phi) is 8.36. The Bertz CT molecular complexity index is 533. The lowest BCUT2D eigenvalue weighted by atomic mass is 9.78. The average Bonchev–Trinajstić information content (AvgIpc) is 2.45. The maximum Gasteiger partial charge on any atom is 0.267 e. The summed E-state index contributed by atoms with van der Waals surface area (Å²) >= 11 is 6.57. The van der Waals surface area contributed by atoms with Crippen LogP contribution in [0.5, 0.6) is 0 Å². The van der Waals surface area contributed by atoms with Gasteiger partial charge in [0.1, 0.15) is 6.54 Å². The maximum atomic E-state index is 10.6. The van der Waals surface area contributed by atoms with Crippen molar-refractivity contribution in [2.75, 3.05) is 52.8 Å². The highest BCUT2D eigenvalue weighted by Crippen LogP contribution is 2.42. The Morgan fingerprint density at radius 1 is 1.04 bits per heavy atom. The highest BCUT2D eigenvalue weighted by atomic mass is 35.5. The van der Waals surface area contributed by atoms with Crippen LogP contribution in [0.2, 0.25) is 0 Å². The van der Waals surface area contributed by atoms with Crippen LogP contribution in [0.25, 0.3) is 0 Å². The van der Waals surface area contributed by atoms with Crippen LogP contribution in [0.4, 0.5) is 0 Å². The standard InChI is InChI=1S/C17H35ClN2O5S/c1-16(2)13-15(14-17(3,4)19(16)18)20(5,6)7-8-24-9-10-25-11-12-26(21,22)23/h15H,7-14H2,1-6H3/p+1. The summed E-state index contributed by atoms with van der Waals surface area (Å²) in [5.74, 6) is -0.387. The fraction of sp³-hybridized carbons (Fsp3) is 1.00. The van der Waals surface area contributed by atoms with Crippen LogP contribution < -0.4 is 0 Å². The molecule has 0 saturated carbocycles. The summed E-state index contributed by atoms with van der Waals surface area (Å²) in [5, 5.41) is 0. The molecule has 1 saturated heterocycles. The number of likely N-dealkylation sites (N-methyl/N-ethyl adjacent to an activating group) is 1. The second kappa shape index (κ2) is 9.03. The first-order chi connectivity index (χ1) is 11.7. The lowest BCUT2D eigenvalue weighted by molar-refractivity contribution is -0.918. The molecule has 1 heterocycles. The largest absolute Gasteiger partial charge is 0.378 e. The number of nitrogens with zero attached hydrogens (tertiary/aromatic N) is 2. The van der Waals surface area contributed by atoms with Gasteiger partial charge in [-0.1, -0.05) is 0 Å². The number of quaternary nitrogens is 1. The van der Waals surface area contributed by atoms with Crippen molar-refractivity contribution >= 4 is 21.9 Å². The Balaban J connectivity index is 2.36. The Hall–Kier alpha value is 0.0400. The lowest BCUT2D eigenvalue weighted by Crippen LogP contribution is -2.64. The molecule has 1 aliphatic rings. The van der Waals surface area contributed by atoms with E-state index in [4.69, 9.17) is 25.8 Å². The minimum Gasteiger partial charge on any atom is -0.378 e. The van der Waals surface area contributed by atoms with Gasteiger partial charge >= 0.3 is 0 Å². The first-order valence-corrected chi connectivity index (χ1v) is 11.0. The summed E-state index contributed by atoms with van der Waals surface area (Å²) in [5.41, 5.74) is -0.129. The van der Waals surface area contributed by atoms with Gasteiger partial charge < -0.3 is 14.0 Å². The quantitative estimate of drug-likeness (QED) is 0.255. The number of hydrogen-bond donors (Lipinski definition) is 1. The van der Waals surface area contributed by atoms with Gasteiger partial charge in [0.15, 0.2) is 0 Å². The normalized spacial score (nSPS) is 21.8. The van der Waals surface area contributed by atoms with Gasteiger partial charge in [-0.3, -0.25) is 4.55 Å². The second-order valence-electron chi connectivity index (χ2n) is 8.98. The molecule has 0 aromatic rings. The minimum absolute atomic E-state index is 0.0229. The summed E-state index contributed by atoms with van der Waals surface area (Å²) in [7, 11) is 0.500. The van der Waals surface area contributed by atoms with Crippen molar-refractivity contribution in [3.63, 3.8) is 0 Å². The van der Waals surface area contributed by atoms with Crippen LogP contribution in [-0.4, -0.2) is 91.8 Å². The second-order valence-corrected chi connectivity index (χ2v) is 10.9. The van der Waals surface area contributed by atoms with Crippen LogP contribution >= 0.6 is 11.8 Å². The molecule has 0 spiro atoms. The number of ether oxygens (including phenoxy) is 2. The Morgan fingerprint density at radius 2 is 1.50 bits per heavy atom. The third-order valence-electron chi connectivity index (χ3n) is 5.19. The number of rotatable bonds is 10. The predicted molar refractivity (Wildman–Crippen MR) is 104 cm³/mol. The summed E-state index contributed by atoms with van der Waals surface area (Å²) in [6.45, 7) is 10.9.